The predicted molar refractivity (Wildman–Crippen MR) is 83.8 cm³/mol. The second-order valence-electron chi connectivity index (χ2n) is 5.82. The number of carboxylic acids is 1. The Hall–Kier alpha value is -2.25. The number of nitrogens with zero attached hydrogens (tertiary/aromatic N) is 4. The Bertz CT molecular complexity index is 660. The van der Waals surface area contributed by atoms with Gasteiger partial charge in [0.15, 0.2) is 0 Å². The van der Waals surface area contributed by atoms with E-state index in [2.05, 4.69) is 15.0 Å². The van der Waals surface area contributed by atoms with Crippen LogP contribution in [0, 0.1) is 6.92 Å². The molecule has 1 aliphatic heterocycles. The first-order valence-corrected chi connectivity index (χ1v) is 7.66. The van der Waals surface area contributed by atoms with Crippen molar-refractivity contribution in [1.82, 2.24) is 19.9 Å². The molecule has 1 aromatic heterocycles. The number of piperazine rings is 1. The minimum atomic E-state index is -0.780. The summed E-state index contributed by atoms with van der Waals surface area (Å²) in [6.45, 7) is 5.82. The zero-order valence-corrected chi connectivity index (χ0v) is 13.1. The van der Waals surface area contributed by atoms with Crippen molar-refractivity contribution < 1.29 is 14.4 Å². The summed E-state index contributed by atoms with van der Waals surface area (Å²) in [7, 11) is 0. The lowest BCUT2D eigenvalue weighted by atomic mass is 10.1. The van der Waals surface area contributed by atoms with Crippen LogP contribution in [0.4, 0.5) is 0 Å². The van der Waals surface area contributed by atoms with Gasteiger partial charge in [-0.25, -0.2) is 0 Å². The maximum Gasteiger partial charge on any atom is 0.317 e. The molecule has 1 saturated heterocycles. The lowest BCUT2D eigenvalue weighted by molar-refractivity contribution is -0.138. The molecule has 0 unspecified atom stereocenters. The van der Waals surface area contributed by atoms with E-state index in [-0.39, 0.29) is 6.54 Å². The number of aromatic nitrogens is 2. The summed E-state index contributed by atoms with van der Waals surface area (Å²) in [6, 6.07) is 8.00. The van der Waals surface area contributed by atoms with Gasteiger partial charge in [-0.3, -0.25) is 14.6 Å². The van der Waals surface area contributed by atoms with E-state index in [1.54, 1.807) is 0 Å². The van der Waals surface area contributed by atoms with E-state index in [9.17, 15) is 4.79 Å². The van der Waals surface area contributed by atoms with Crippen molar-refractivity contribution in [1.29, 1.82) is 0 Å². The summed E-state index contributed by atoms with van der Waals surface area (Å²) in [5.74, 6) is 0.412. The minimum Gasteiger partial charge on any atom is -0.480 e. The van der Waals surface area contributed by atoms with E-state index >= 15 is 0 Å². The van der Waals surface area contributed by atoms with Crippen LogP contribution in [-0.4, -0.2) is 63.7 Å². The molecule has 0 atom stereocenters. The zero-order valence-electron chi connectivity index (χ0n) is 13.1. The highest BCUT2D eigenvalue weighted by atomic mass is 16.5. The van der Waals surface area contributed by atoms with Crippen LogP contribution in [0.1, 0.15) is 11.5 Å². The summed E-state index contributed by atoms with van der Waals surface area (Å²) in [5.41, 5.74) is 2.13. The summed E-state index contributed by atoms with van der Waals surface area (Å²) < 4.78 is 5.33. The normalized spacial score (nSPS) is 16.6. The van der Waals surface area contributed by atoms with Crippen LogP contribution >= 0.6 is 0 Å². The number of aliphatic carboxylic acids is 1. The summed E-state index contributed by atoms with van der Waals surface area (Å²) in [5, 5.41) is 12.8. The first-order valence-electron chi connectivity index (χ1n) is 7.66. The SMILES string of the molecule is Cc1ccc(-c2noc(CN3CCN(CC(=O)O)CC3)n2)cc1. The fourth-order valence-corrected chi connectivity index (χ4v) is 2.63. The van der Waals surface area contributed by atoms with Gasteiger partial charge < -0.3 is 9.63 Å². The maximum atomic E-state index is 10.7. The van der Waals surface area contributed by atoms with E-state index in [1.165, 1.54) is 5.56 Å². The lowest BCUT2D eigenvalue weighted by Crippen LogP contribution is -2.47. The van der Waals surface area contributed by atoms with Crippen LogP contribution in [0.25, 0.3) is 11.4 Å². The van der Waals surface area contributed by atoms with Gasteiger partial charge in [-0.1, -0.05) is 35.0 Å². The molecule has 7 heteroatoms. The molecule has 0 aliphatic carbocycles. The molecule has 1 aliphatic rings. The van der Waals surface area contributed by atoms with Crippen molar-refractivity contribution in [2.45, 2.75) is 13.5 Å². The molecule has 0 saturated carbocycles. The molecule has 7 nitrogen and oxygen atoms in total. The van der Waals surface area contributed by atoms with Crippen molar-refractivity contribution >= 4 is 5.97 Å². The smallest absolute Gasteiger partial charge is 0.317 e. The Labute approximate surface area is 134 Å². The minimum absolute atomic E-state index is 0.103. The average Bonchev–Trinajstić information content (AvgIpc) is 2.98. The Morgan fingerprint density at radius 3 is 2.48 bits per heavy atom. The number of hydrogen-bond donors (Lipinski definition) is 1. The molecule has 1 N–H and O–H groups in total. The number of carboxylic acid groups (broad SMARTS) is 1. The van der Waals surface area contributed by atoms with Gasteiger partial charge in [0.2, 0.25) is 11.7 Å². The van der Waals surface area contributed by atoms with E-state index in [0.29, 0.717) is 18.3 Å². The first kappa shape index (κ1) is 15.6. The second-order valence-corrected chi connectivity index (χ2v) is 5.82. The molecule has 0 radical (unpaired) electrons. The van der Waals surface area contributed by atoms with Gasteiger partial charge in [-0.15, -0.1) is 0 Å². The van der Waals surface area contributed by atoms with Gasteiger partial charge >= 0.3 is 5.97 Å². The number of carbonyl (C=O) groups is 1. The zero-order chi connectivity index (χ0) is 16.2. The summed E-state index contributed by atoms with van der Waals surface area (Å²) in [4.78, 5) is 19.3. The third kappa shape index (κ3) is 4.14. The van der Waals surface area contributed by atoms with Gasteiger partial charge in [0.05, 0.1) is 13.1 Å². The van der Waals surface area contributed by atoms with Crippen LogP contribution in [0.2, 0.25) is 0 Å². The fourth-order valence-electron chi connectivity index (χ4n) is 2.63. The highest BCUT2D eigenvalue weighted by molar-refractivity contribution is 5.69. The molecule has 1 aromatic carbocycles. The van der Waals surface area contributed by atoms with Crippen molar-refractivity contribution in [3.63, 3.8) is 0 Å². The molecule has 2 aromatic rings. The van der Waals surface area contributed by atoms with Crippen LogP contribution in [0.15, 0.2) is 28.8 Å². The highest BCUT2D eigenvalue weighted by Gasteiger charge is 2.20. The maximum absolute atomic E-state index is 10.7. The molecule has 0 spiro atoms. The lowest BCUT2D eigenvalue weighted by Gasteiger charge is -2.32. The van der Waals surface area contributed by atoms with Crippen molar-refractivity contribution in [2.75, 3.05) is 32.7 Å². The van der Waals surface area contributed by atoms with E-state index in [1.807, 2.05) is 36.1 Å². The monoisotopic (exact) mass is 316 g/mol. The molecular weight excluding hydrogens is 296 g/mol. The summed E-state index contributed by atoms with van der Waals surface area (Å²) in [6.07, 6.45) is 0. The molecule has 122 valence electrons. The predicted octanol–water partition coefficient (Wildman–Crippen LogP) is 1.25. The van der Waals surface area contributed by atoms with Crippen LogP contribution in [0.5, 0.6) is 0 Å². The third-order valence-electron chi connectivity index (χ3n) is 3.96. The number of aryl methyl sites for hydroxylation is 1. The Morgan fingerprint density at radius 1 is 1.17 bits per heavy atom. The average molecular weight is 316 g/mol. The first-order chi connectivity index (χ1) is 11.1. The van der Waals surface area contributed by atoms with Crippen LogP contribution < -0.4 is 0 Å². The number of hydrogen-bond acceptors (Lipinski definition) is 6. The molecule has 0 amide bonds. The van der Waals surface area contributed by atoms with Gasteiger partial charge in [0.25, 0.3) is 0 Å². The van der Waals surface area contributed by atoms with Crippen LogP contribution in [-0.2, 0) is 11.3 Å². The van der Waals surface area contributed by atoms with Gasteiger partial charge in [-0.2, -0.15) is 4.98 Å². The molecule has 1 fully saturated rings. The summed E-state index contributed by atoms with van der Waals surface area (Å²) >= 11 is 0. The quantitative estimate of drug-likeness (QED) is 0.888. The number of benzene rings is 1. The van der Waals surface area contributed by atoms with Crippen molar-refractivity contribution in [3.8, 4) is 11.4 Å². The topological polar surface area (TPSA) is 82.7 Å². The molecule has 3 rings (SSSR count). The van der Waals surface area contributed by atoms with Crippen molar-refractivity contribution in [3.05, 3.63) is 35.7 Å². The third-order valence-corrected chi connectivity index (χ3v) is 3.96. The molecule has 23 heavy (non-hydrogen) atoms. The van der Waals surface area contributed by atoms with Gasteiger partial charge in [-0.05, 0) is 6.92 Å². The Balaban J connectivity index is 1.56. The van der Waals surface area contributed by atoms with E-state index < -0.39 is 5.97 Å². The van der Waals surface area contributed by atoms with Gasteiger partial charge in [0.1, 0.15) is 0 Å². The molecular formula is C16H20N4O3. The number of rotatable bonds is 5. The molecule has 2 heterocycles. The van der Waals surface area contributed by atoms with E-state index in [4.69, 9.17) is 9.63 Å². The van der Waals surface area contributed by atoms with E-state index in [0.717, 1.165) is 31.7 Å². The largest absolute Gasteiger partial charge is 0.480 e. The Kier molecular flexibility index (Phi) is 4.68. The Morgan fingerprint density at radius 2 is 1.83 bits per heavy atom. The van der Waals surface area contributed by atoms with Crippen molar-refractivity contribution in [2.24, 2.45) is 0 Å². The fraction of sp³-hybridized carbons (Fsp3) is 0.438. The van der Waals surface area contributed by atoms with Crippen LogP contribution in [0.3, 0.4) is 0 Å². The van der Waals surface area contributed by atoms with Gasteiger partial charge in [0, 0.05) is 31.7 Å². The highest BCUT2D eigenvalue weighted by Crippen LogP contribution is 2.17. The second kappa shape index (κ2) is 6.89. The standard InChI is InChI=1S/C16H20N4O3/c1-12-2-4-13(5-3-12)16-17-14(23-18-16)10-19-6-8-20(9-7-19)11-15(21)22/h2-5H,6-11H2,1H3,(H,21,22). The molecule has 0 bridgehead atoms.